The molecule has 0 aliphatic carbocycles. The Morgan fingerprint density at radius 2 is 1.22 bits per heavy atom. The molecule has 13 nitrogen and oxygen atoms in total. The highest BCUT2D eigenvalue weighted by atomic mass is 35.5. The lowest BCUT2D eigenvalue weighted by Gasteiger charge is -2.17. The second-order valence-electron chi connectivity index (χ2n) is 9.80. The predicted molar refractivity (Wildman–Crippen MR) is 165 cm³/mol. The van der Waals surface area contributed by atoms with Crippen LogP contribution in [-0.2, 0) is 0 Å². The van der Waals surface area contributed by atoms with Gasteiger partial charge in [-0.15, -0.1) is 0 Å². The molecular weight excluding hydrogens is 633 g/mol. The molecular formula is C30H25Cl2N3O10. The number of nitro benzene ring substituents is 2. The molecule has 15 heteroatoms. The van der Waals surface area contributed by atoms with Crippen LogP contribution in [0.5, 0.6) is 23.0 Å². The Bertz CT molecular complexity index is 1740. The molecule has 0 bridgehead atoms. The number of hydrogen-bond donors (Lipinski definition) is 3. The van der Waals surface area contributed by atoms with Gasteiger partial charge < -0.3 is 25.0 Å². The van der Waals surface area contributed by atoms with Crippen LogP contribution in [-0.4, -0.2) is 44.1 Å². The van der Waals surface area contributed by atoms with Crippen molar-refractivity contribution in [2.75, 3.05) is 6.54 Å². The third-order valence-electron chi connectivity index (χ3n) is 5.57. The number of non-ortho nitro benzene ring substituents is 2. The first kappa shape index (κ1) is 34.3. The van der Waals surface area contributed by atoms with Crippen molar-refractivity contribution in [3.05, 3.63) is 126 Å². The lowest BCUT2D eigenvalue weighted by molar-refractivity contribution is -0.385. The average Bonchev–Trinajstić information content (AvgIpc) is 2.98. The molecule has 0 fully saturated rings. The standard InChI is InChI=1S/C17H17ClN2O5.C13H8ClNO5/c1-17(2,22)10-19-16(21)11-4-3-5-13(8-11)25-15-7-6-12(20(23)24)9-14(15)18;14-11-7-9(15(18)19)4-5-12(11)20-10-3-1-2-8(6-10)13(16)17/h3-9,22H,10H2,1-2H3,(H,19,21);1-7H,(H,16,17). The van der Waals surface area contributed by atoms with Crippen LogP contribution >= 0.6 is 23.2 Å². The minimum atomic E-state index is -1.08. The van der Waals surface area contributed by atoms with Gasteiger partial charge in [-0.3, -0.25) is 25.0 Å². The molecule has 234 valence electrons. The summed E-state index contributed by atoms with van der Waals surface area (Å²) in [5.41, 5.74) is -0.894. The Balaban J connectivity index is 0.000000251. The minimum Gasteiger partial charge on any atom is -0.478 e. The van der Waals surface area contributed by atoms with Crippen LogP contribution in [0, 0.1) is 20.2 Å². The van der Waals surface area contributed by atoms with E-state index in [2.05, 4.69) is 5.32 Å². The van der Waals surface area contributed by atoms with Gasteiger partial charge in [-0.2, -0.15) is 0 Å². The van der Waals surface area contributed by atoms with Crippen molar-refractivity contribution in [2.45, 2.75) is 19.4 Å². The maximum Gasteiger partial charge on any atom is 0.335 e. The number of halogens is 2. The number of nitrogens with one attached hydrogen (secondary N) is 1. The van der Waals surface area contributed by atoms with E-state index in [9.17, 15) is 34.9 Å². The zero-order valence-corrected chi connectivity index (χ0v) is 25.1. The topological polar surface area (TPSA) is 191 Å². The summed E-state index contributed by atoms with van der Waals surface area (Å²) in [5, 5.41) is 42.6. The van der Waals surface area contributed by atoms with E-state index >= 15 is 0 Å². The van der Waals surface area contributed by atoms with Crippen molar-refractivity contribution in [1.29, 1.82) is 0 Å². The zero-order valence-electron chi connectivity index (χ0n) is 23.6. The van der Waals surface area contributed by atoms with Gasteiger partial charge >= 0.3 is 5.97 Å². The van der Waals surface area contributed by atoms with E-state index in [0.29, 0.717) is 11.3 Å². The van der Waals surface area contributed by atoms with Crippen LogP contribution < -0.4 is 14.8 Å². The third-order valence-corrected chi connectivity index (χ3v) is 6.16. The molecule has 0 atom stereocenters. The van der Waals surface area contributed by atoms with Crippen molar-refractivity contribution >= 4 is 46.5 Å². The highest BCUT2D eigenvalue weighted by Crippen LogP contribution is 2.34. The van der Waals surface area contributed by atoms with Crippen LogP contribution in [0.25, 0.3) is 0 Å². The van der Waals surface area contributed by atoms with Crippen molar-refractivity contribution in [2.24, 2.45) is 0 Å². The van der Waals surface area contributed by atoms with Crippen LogP contribution in [0.15, 0.2) is 84.9 Å². The first-order valence-corrected chi connectivity index (χ1v) is 13.6. The fourth-order valence-corrected chi connectivity index (χ4v) is 3.84. The summed E-state index contributed by atoms with van der Waals surface area (Å²) in [6.45, 7) is 3.28. The third kappa shape index (κ3) is 10.5. The van der Waals surface area contributed by atoms with Crippen LogP contribution in [0.4, 0.5) is 11.4 Å². The van der Waals surface area contributed by atoms with Gasteiger partial charge in [0.05, 0.1) is 31.1 Å². The Kier molecular flexibility index (Phi) is 11.4. The van der Waals surface area contributed by atoms with E-state index in [4.69, 9.17) is 37.8 Å². The minimum absolute atomic E-state index is 0.0694. The number of carboxylic acids is 1. The molecule has 0 spiro atoms. The van der Waals surface area contributed by atoms with Gasteiger partial charge in [-0.05, 0) is 62.4 Å². The Morgan fingerprint density at radius 1 is 0.778 bits per heavy atom. The number of carbonyl (C=O) groups is 2. The van der Waals surface area contributed by atoms with Crippen molar-refractivity contribution < 1.29 is 39.1 Å². The summed E-state index contributed by atoms with van der Waals surface area (Å²) >= 11 is 11.9. The second-order valence-corrected chi connectivity index (χ2v) is 10.6. The number of nitrogens with zero attached hydrogens (tertiary/aromatic N) is 2. The number of benzene rings is 4. The largest absolute Gasteiger partial charge is 0.478 e. The van der Waals surface area contributed by atoms with E-state index in [-0.39, 0.29) is 56.7 Å². The SMILES string of the molecule is CC(C)(O)CNC(=O)c1cccc(Oc2ccc([N+](=O)[O-])cc2Cl)c1.O=C(O)c1cccc(Oc2ccc([N+](=O)[O-])cc2Cl)c1. The molecule has 45 heavy (non-hydrogen) atoms. The number of nitro groups is 2. The summed E-state index contributed by atoms with van der Waals surface area (Å²) in [6, 6.07) is 19.8. The van der Waals surface area contributed by atoms with E-state index < -0.39 is 21.4 Å². The number of aromatic carboxylic acids is 1. The number of carbonyl (C=O) groups excluding carboxylic acids is 1. The Hall–Kier alpha value is -5.24. The quantitative estimate of drug-likeness (QED) is 0.115. The number of aliphatic hydroxyl groups is 1. The fraction of sp³-hybridized carbons (Fsp3) is 0.133. The molecule has 0 saturated heterocycles. The first-order valence-electron chi connectivity index (χ1n) is 12.8. The molecule has 0 heterocycles. The number of rotatable bonds is 10. The monoisotopic (exact) mass is 657 g/mol. The molecule has 0 radical (unpaired) electrons. The fourth-order valence-electron chi connectivity index (χ4n) is 3.42. The summed E-state index contributed by atoms with van der Waals surface area (Å²) in [6.07, 6.45) is 0. The molecule has 4 rings (SSSR count). The maximum atomic E-state index is 12.1. The smallest absolute Gasteiger partial charge is 0.335 e. The molecule has 0 aliphatic rings. The second kappa shape index (κ2) is 15.0. The average molecular weight is 658 g/mol. The highest BCUT2D eigenvalue weighted by molar-refractivity contribution is 6.32. The zero-order chi connectivity index (χ0) is 33.3. The van der Waals surface area contributed by atoms with E-state index in [1.807, 2.05) is 0 Å². The molecule has 3 N–H and O–H groups in total. The van der Waals surface area contributed by atoms with Gasteiger partial charge in [-0.25, -0.2) is 4.79 Å². The summed E-state index contributed by atoms with van der Waals surface area (Å²) < 4.78 is 11.0. The van der Waals surface area contributed by atoms with Gasteiger partial charge in [0.1, 0.15) is 23.0 Å². The Morgan fingerprint density at radius 3 is 1.62 bits per heavy atom. The van der Waals surface area contributed by atoms with Crippen molar-refractivity contribution in [3.63, 3.8) is 0 Å². The van der Waals surface area contributed by atoms with Gasteiger partial charge in [0.15, 0.2) is 0 Å². The molecule has 0 unspecified atom stereocenters. The van der Waals surface area contributed by atoms with E-state index in [1.165, 1.54) is 54.6 Å². The predicted octanol–water partition coefficient (Wildman–Crippen LogP) is 7.28. The van der Waals surface area contributed by atoms with Crippen molar-refractivity contribution in [3.8, 4) is 23.0 Å². The number of carboxylic acid groups (broad SMARTS) is 1. The van der Waals surface area contributed by atoms with Crippen LogP contribution in [0.2, 0.25) is 10.0 Å². The molecule has 0 aromatic heterocycles. The van der Waals surface area contributed by atoms with Gasteiger partial charge in [-0.1, -0.05) is 35.3 Å². The van der Waals surface area contributed by atoms with E-state index in [1.54, 1.807) is 38.1 Å². The number of ether oxygens (including phenoxy) is 2. The summed E-state index contributed by atoms with van der Waals surface area (Å²) in [5.74, 6) is -0.360. The Labute approximate surface area is 265 Å². The normalized spacial score (nSPS) is 10.6. The molecule has 4 aromatic rings. The molecule has 0 aliphatic heterocycles. The maximum absolute atomic E-state index is 12.1. The summed E-state index contributed by atoms with van der Waals surface area (Å²) in [4.78, 5) is 43.1. The van der Waals surface area contributed by atoms with Gasteiger partial charge in [0.2, 0.25) is 0 Å². The van der Waals surface area contributed by atoms with E-state index in [0.717, 1.165) is 6.07 Å². The van der Waals surface area contributed by atoms with Gasteiger partial charge in [0.25, 0.3) is 17.3 Å². The lowest BCUT2D eigenvalue weighted by atomic mass is 10.1. The van der Waals surface area contributed by atoms with Crippen LogP contribution in [0.3, 0.4) is 0 Å². The van der Waals surface area contributed by atoms with Crippen LogP contribution in [0.1, 0.15) is 34.6 Å². The lowest BCUT2D eigenvalue weighted by Crippen LogP contribution is -2.38. The number of amides is 1. The molecule has 0 saturated carbocycles. The highest BCUT2D eigenvalue weighted by Gasteiger charge is 2.16. The van der Waals surface area contributed by atoms with Gasteiger partial charge in [0, 0.05) is 36.4 Å². The summed E-state index contributed by atoms with van der Waals surface area (Å²) in [7, 11) is 0. The van der Waals surface area contributed by atoms with Crippen molar-refractivity contribution in [1.82, 2.24) is 5.32 Å². The number of hydrogen-bond acceptors (Lipinski definition) is 9. The molecule has 4 aromatic carbocycles. The molecule has 1 amide bonds. The first-order chi connectivity index (χ1) is 21.1.